The second-order valence-electron chi connectivity index (χ2n) is 22.0. The topological polar surface area (TPSA) is 78.9 Å². The largest absolute Gasteiger partial charge is 0.462 e. The summed E-state index contributed by atoms with van der Waals surface area (Å²) in [5.41, 5.74) is 0. The molecule has 0 aromatic rings. The first kappa shape index (κ1) is 70.6. The highest BCUT2D eigenvalue weighted by Gasteiger charge is 2.19. The van der Waals surface area contributed by atoms with Gasteiger partial charge in [-0.25, -0.2) is 0 Å². The van der Waals surface area contributed by atoms with Crippen LogP contribution in [0.3, 0.4) is 0 Å². The van der Waals surface area contributed by atoms with Crippen LogP contribution in [0.25, 0.3) is 0 Å². The Balaban J connectivity index is 4.34. The minimum Gasteiger partial charge on any atom is -0.462 e. The van der Waals surface area contributed by atoms with Crippen molar-refractivity contribution in [1.82, 2.24) is 0 Å². The number of hydrogen-bond donors (Lipinski definition) is 0. The molecule has 1 atom stereocenters. The van der Waals surface area contributed by atoms with Crippen molar-refractivity contribution in [3.63, 3.8) is 0 Å². The molecule has 0 radical (unpaired) electrons. The van der Waals surface area contributed by atoms with Crippen LogP contribution in [-0.2, 0) is 28.6 Å². The standard InChI is InChI=1S/C67H124O6/c1-4-7-10-13-16-19-22-25-28-31-33-36-39-42-45-48-51-54-57-60-66(69)72-63-64(62-71-65(68)59-56-53-50-47-44-41-38-35-30-27-24-21-18-15-12-9-6-3)73-67(70)61-58-55-52-49-46-43-40-37-34-32-29-26-23-20-17-14-11-8-5-2/h18,21,27,30-31,33,64H,4-17,19-20,22-26,28-29,32,34-63H2,1-3H3/b21-18-,30-27-,33-31-/t64-/m1/s1. The van der Waals surface area contributed by atoms with Crippen molar-refractivity contribution in [3.8, 4) is 0 Å². The lowest BCUT2D eigenvalue weighted by atomic mass is 10.0. The van der Waals surface area contributed by atoms with Crippen LogP contribution in [0.5, 0.6) is 0 Å². The van der Waals surface area contributed by atoms with Crippen LogP contribution in [0.1, 0.15) is 355 Å². The maximum atomic E-state index is 12.9. The third-order valence-electron chi connectivity index (χ3n) is 14.6. The lowest BCUT2D eigenvalue weighted by molar-refractivity contribution is -0.167. The number of hydrogen-bond acceptors (Lipinski definition) is 6. The second-order valence-corrected chi connectivity index (χ2v) is 22.0. The summed E-state index contributed by atoms with van der Waals surface area (Å²) in [4.78, 5) is 38.3. The molecule has 0 spiro atoms. The van der Waals surface area contributed by atoms with Crippen LogP contribution >= 0.6 is 0 Å². The van der Waals surface area contributed by atoms with Gasteiger partial charge in [-0.05, 0) is 77.0 Å². The van der Waals surface area contributed by atoms with Crippen molar-refractivity contribution in [2.24, 2.45) is 0 Å². The fourth-order valence-corrected chi connectivity index (χ4v) is 9.71. The summed E-state index contributed by atoms with van der Waals surface area (Å²) in [6.07, 6.45) is 75.7. The Hall–Kier alpha value is -2.37. The monoisotopic (exact) mass is 1020 g/mol. The summed E-state index contributed by atoms with van der Waals surface area (Å²) < 4.78 is 17.0. The van der Waals surface area contributed by atoms with E-state index in [1.54, 1.807) is 0 Å². The number of rotatable bonds is 60. The Morgan fingerprint density at radius 3 is 0.795 bits per heavy atom. The molecule has 0 saturated carbocycles. The molecule has 0 N–H and O–H groups in total. The molecule has 0 unspecified atom stereocenters. The number of allylic oxidation sites excluding steroid dienone is 6. The first-order valence-electron chi connectivity index (χ1n) is 32.5. The molecular formula is C67H124O6. The van der Waals surface area contributed by atoms with Gasteiger partial charge in [-0.1, -0.05) is 295 Å². The number of esters is 3. The average Bonchev–Trinajstić information content (AvgIpc) is 3.39. The van der Waals surface area contributed by atoms with Crippen molar-refractivity contribution in [2.45, 2.75) is 361 Å². The maximum absolute atomic E-state index is 12.9. The SMILES string of the molecule is CCCCC/C=C\C/C=C\CCCCCCCCCC(=O)OC[C@H](COC(=O)CCCCCCCCC/C=C\CCCCCCCCCC)OC(=O)CCCCCCCCCCCCCCCCCCCCC. The minimum absolute atomic E-state index is 0.0728. The molecule has 0 aliphatic carbocycles. The maximum Gasteiger partial charge on any atom is 0.306 e. The molecule has 6 nitrogen and oxygen atoms in total. The molecule has 6 heteroatoms. The first-order chi connectivity index (χ1) is 36.0. The molecule has 0 heterocycles. The van der Waals surface area contributed by atoms with Crippen molar-refractivity contribution < 1.29 is 28.6 Å². The average molecular weight is 1030 g/mol. The summed E-state index contributed by atoms with van der Waals surface area (Å²) >= 11 is 0. The zero-order valence-corrected chi connectivity index (χ0v) is 49.2. The molecule has 0 amide bonds. The number of ether oxygens (including phenoxy) is 3. The van der Waals surface area contributed by atoms with Crippen LogP contribution in [0.2, 0.25) is 0 Å². The van der Waals surface area contributed by atoms with Gasteiger partial charge in [-0.15, -0.1) is 0 Å². The summed E-state index contributed by atoms with van der Waals surface area (Å²) in [5.74, 6) is -0.859. The third kappa shape index (κ3) is 60.4. The highest BCUT2D eigenvalue weighted by molar-refractivity contribution is 5.71. The molecule has 0 saturated heterocycles. The fraction of sp³-hybridized carbons (Fsp3) is 0.866. The van der Waals surface area contributed by atoms with E-state index in [4.69, 9.17) is 14.2 Å². The normalized spacial score (nSPS) is 12.2. The summed E-state index contributed by atoms with van der Waals surface area (Å²) in [7, 11) is 0. The second kappa shape index (κ2) is 62.2. The van der Waals surface area contributed by atoms with Gasteiger partial charge < -0.3 is 14.2 Å². The van der Waals surface area contributed by atoms with Crippen LogP contribution in [0.15, 0.2) is 36.5 Å². The quantitative estimate of drug-likeness (QED) is 0.0261. The van der Waals surface area contributed by atoms with Gasteiger partial charge in [0.2, 0.25) is 0 Å². The van der Waals surface area contributed by atoms with Crippen molar-refractivity contribution in [2.75, 3.05) is 13.2 Å². The van der Waals surface area contributed by atoms with E-state index in [0.717, 1.165) is 70.6 Å². The van der Waals surface area contributed by atoms with Crippen LogP contribution < -0.4 is 0 Å². The predicted octanol–water partition coefficient (Wildman–Crippen LogP) is 22.0. The van der Waals surface area contributed by atoms with Gasteiger partial charge in [0.25, 0.3) is 0 Å². The highest BCUT2D eigenvalue weighted by atomic mass is 16.6. The Morgan fingerprint density at radius 1 is 0.274 bits per heavy atom. The van der Waals surface area contributed by atoms with E-state index >= 15 is 0 Å². The zero-order valence-electron chi connectivity index (χ0n) is 49.2. The summed E-state index contributed by atoms with van der Waals surface area (Å²) in [6.45, 7) is 6.67. The van der Waals surface area contributed by atoms with Gasteiger partial charge in [-0.2, -0.15) is 0 Å². The van der Waals surface area contributed by atoms with E-state index in [1.165, 1.54) is 244 Å². The zero-order chi connectivity index (χ0) is 52.9. The van der Waals surface area contributed by atoms with Gasteiger partial charge in [0.15, 0.2) is 6.10 Å². The smallest absolute Gasteiger partial charge is 0.306 e. The predicted molar refractivity (Wildman–Crippen MR) is 316 cm³/mol. The molecule has 73 heavy (non-hydrogen) atoms. The Kier molecular flexibility index (Phi) is 60.2. The van der Waals surface area contributed by atoms with Crippen LogP contribution in [-0.4, -0.2) is 37.2 Å². The van der Waals surface area contributed by atoms with Crippen molar-refractivity contribution >= 4 is 17.9 Å². The molecule has 0 aromatic carbocycles. The van der Waals surface area contributed by atoms with E-state index in [1.807, 2.05) is 0 Å². The minimum atomic E-state index is -0.775. The first-order valence-corrected chi connectivity index (χ1v) is 32.5. The molecular weight excluding hydrogens is 901 g/mol. The van der Waals surface area contributed by atoms with E-state index < -0.39 is 6.10 Å². The van der Waals surface area contributed by atoms with Gasteiger partial charge in [0, 0.05) is 19.3 Å². The summed E-state index contributed by atoms with van der Waals surface area (Å²) in [5, 5.41) is 0. The van der Waals surface area contributed by atoms with Crippen LogP contribution in [0.4, 0.5) is 0 Å². The van der Waals surface area contributed by atoms with Gasteiger partial charge in [-0.3, -0.25) is 14.4 Å². The molecule has 0 rings (SSSR count). The lowest BCUT2D eigenvalue weighted by Crippen LogP contribution is -2.30. The molecule has 0 fully saturated rings. The van der Waals surface area contributed by atoms with Crippen molar-refractivity contribution in [1.29, 1.82) is 0 Å². The van der Waals surface area contributed by atoms with Gasteiger partial charge in [0.05, 0.1) is 0 Å². The molecule has 0 aliphatic rings. The molecule has 0 aliphatic heterocycles. The van der Waals surface area contributed by atoms with E-state index in [0.29, 0.717) is 19.3 Å². The number of carbonyl (C=O) groups excluding carboxylic acids is 3. The molecule has 428 valence electrons. The Bertz CT molecular complexity index is 1220. The summed E-state index contributed by atoms with van der Waals surface area (Å²) in [6, 6.07) is 0. The number of carbonyl (C=O) groups is 3. The Morgan fingerprint density at radius 2 is 0.493 bits per heavy atom. The van der Waals surface area contributed by atoms with Crippen LogP contribution in [0, 0.1) is 0 Å². The highest BCUT2D eigenvalue weighted by Crippen LogP contribution is 2.17. The molecule has 0 bridgehead atoms. The lowest BCUT2D eigenvalue weighted by Gasteiger charge is -2.18. The van der Waals surface area contributed by atoms with E-state index in [2.05, 4.69) is 57.2 Å². The van der Waals surface area contributed by atoms with Gasteiger partial charge >= 0.3 is 17.9 Å². The third-order valence-corrected chi connectivity index (χ3v) is 14.6. The Labute approximate surface area is 455 Å². The number of unbranched alkanes of at least 4 members (excludes halogenated alkanes) is 43. The molecule has 0 aromatic heterocycles. The fourth-order valence-electron chi connectivity index (χ4n) is 9.71. The van der Waals surface area contributed by atoms with Crippen molar-refractivity contribution in [3.05, 3.63) is 36.5 Å². The van der Waals surface area contributed by atoms with E-state index in [9.17, 15) is 14.4 Å². The van der Waals surface area contributed by atoms with Gasteiger partial charge in [0.1, 0.15) is 13.2 Å². The van der Waals surface area contributed by atoms with E-state index in [-0.39, 0.29) is 31.1 Å².